The number of hydrogen-bond donors (Lipinski definition) is 2. The Morgan fingerprint density at radius 3 is 2.00 bits per heavy atom. The fourth-order valence-electron chi connectivity index (χ4n) is 2.13. The lowest BCUT2D eigenvalue weighted by atomic mass is 10.2. The second-order valence-corrected chi connectivity index (χ2v) is 5.74. The first-order valence-corrected chi connectivity index (χ1v) is 8.80. The summed E-state index contributed by atoms with van der Waals surface area (Å²) in [4.78, 5) is 36.9. The molecular formula is C17H33N3O3. The first kappa shape index (κ1) is 21.4. The van der Waals surface area contributed by atoms with Crippen LogP contribution in [0.25, 0.3) is 0 Å². The van der Waals surface area contributed by atoms with Crippen LogP contribution in [0.4, 0.5) is 0 Å². The number of amides is 3. The van der Waals surface area contributed by atoms with Crippen molar-refractivity contribution in [3.8, 4) is 0 Å². The molecule has 0 fully saturated rings. The Labute approximate surface area is 140 Å². The van der Waals surface area contributed by atoms with Gasteiger partial charge < -0.3 is 15.5 Å². The van der Waals surface area contributed by atoms with Crippen molar-refractivity contribution in [3.63, 3.8) is 0 Å². The van der Waals surface area contributed by atoms with Gasteiger partial charge in [-0.2, -0.15) is 0 Å². The van der Waals surface area contributed by atoms with E-state index in [1.165, 1.54) is 0 Å². The van der Waals surface area contributed by atoms with Crippen molar-refractivity contribution in [2.75, 3.05) is 26.7 Å². The third kappa shape index (κ3) is 11.6. The normalized spacial score (nSPS) is 10.2. The highest BCUT2D eigenvalue weighted by molar-refractivity contribution is 5.96. The molecule has 0 rings (SSSR count). The molecule has 0 saturated heterocycles. The average molecular weight is 327 g/mol. The minimum atomic E-state index is -0.229. The molecular weight excluding hydrogens is 294 g/mol. The van der Waals surface area contributed by atoms with Crippen molar-refractivity contribution in [1.82, 2.24) is 15.5 Å². The van der Waals surface area contributed by atoms with Crippen LogP contribution < -0.4 is 10.6 Å². The van der Waals surface area contributed by atoms with E-state index in [1.54, 1.807) is 11.9 Å². The maximum Gasteiger partial charge on any atom is 0.232 e. The van der Waals surface area contributed by atoms with Crippen LogP contribution in [0.5, 0.6) is 0 Å². The van der Waals surface area contributed by atoms with E-state index < -0.39 is 0 Å². The zero-order valence-electron chi connectivity index (χ0n) is 15.0. The van der Waals surface area contributed by atoms with Crippen LogP contribution in [0.1, 0.15) is 65.2 Å². The van der Waals surface area contributed by atoms with Gasteiger partial charge in [-0.05, 0) is 25.7 Å². The van der Waals surface area contributed by atoms with E-state index in [9.17, 15) is 14.4 Å². The van der Waals surface area contributed by atoms with Crippen molar-refractivity contribution in [1.29, 1.82) is 0 Å². The first-order chi connectivity index (χ1) is 11.0. The quantitative estimate of drug-likeness (QED) is 0.400. The summed E-state index contributed by atoms with van der Waals surface area (Å²) in [6.07, 6.45) is 5.86. The van der Waals surface area contributed by atoms with E-state index in [1.807, 2.05) is 0 Å². The lowest BCUT2D eigenvalue weighted by Gasteiger charge is -2.22. The third-order valence-electron chi connectivity index (χ3n) is 3.66. The van der Waals surface area contributed by atoms with Crippen molar-refractivity contribution in [2.45, 2.75) is 65.2 Å². The summed E-state index contributed by atoms with van der Waals surface area (Å²) >= 11 is 0. The van der Waals surface area contributed by atoms with Gasteiger partial charge in [0.15, 0.2) is 0 Å². The summed E-state index contributed by atoms with van der Waals surface area (Å²) in [7, 11) is 1.61. The highest BCUT2D eigenvalue weighted by atomic mass is 16.2. The molecule has 0 unspecified atom stereocenters. The molecule has 0 aliphatic carbocycles. The molecule has 0 spiro atoms. The average Bonchev–Trinajstić information content (AvgIpc) is 2.54. The number of nitrogens with one attached hydrogen (secondary N) is 2. The predicted molar refractivity (Wildman–Crippen MR) is 91.9 cm³/mol. The number of hydrogen-bond acceptors (Lipinski definition) is 3. The Balaban J connectivity index is 3.99. The first-order valence-electron chi connectivity index (χ1n) is 8.80. The Morgan fingerprint density at radius 2 is 1.48 bits per heavy atom. The number of carbonyl (C=O) groups excluding carboxylic acids is 3. The van der Waals surface area contributed by atoms with Crippen molar-refractivity contribution < 1.29 is 14.4 Å². The van der Waals surface area contributed by atoms with Gasteiger partial charge in [0.05, 0.1) is 0 Å². The lowest BCUT2D eigenvalue weighted by Crippen LogP contribution is -2.37. The van der Waals surface area contributed by atoms with Gasteiger partial charge in [0, 0.05) is 33.1 Å². The van der Waals surface area contributed by atoms with Gasteiger partial charge in [-0.25, -0.2) is 0 Å². The zero-order chi connectivity index (χ0) is 17.5. The highest BCUT2D eigenvalue weighted by Gasteiger charge is 2.16. The summed E-state index contributed by atoms with van der Waals surface area (Å²) in [5.41, 5.74) is 0. The van der Waals surface area contributed by atoms with Gasteiger partial charge in [-0.3, -0.25) is 14.4 Å². The molecule has 0 bridgehead atoms. The Hall–Kier alpha value is -1.59. The number of rotatable bonds is 13. The fraction of sp³-hybridized carbons (Fsp3) is 0.824. The molecule has 0 aliphatic rings. The molecule has 2 N–H and O–H groups in total. The molecule has 0 atom stereocenters. The van der Waals surface area contributed by atoms with E-state index >= 15 is 0 Å². The van der Waals surface area contributed by atoms with Gasteiger partial charge in [-0.1, -0.05) is 26.7 Å². The minimum absolute atomic E-state index is 0.00833. The molecule has 0 aliphatic heterocycles. The van der Waals surface area contributed by atoms with E-state index in [0.717, 1.165) is 51.6 Å². The van der Waals surface area contributed by atoms with Gasteiger partial charge in [0.1, 0.15) is 6.42 Å². The van der Waals surface area contributed by atoms with Crippen LogP contribution in [0.3, 0.4) is 0 Å². The number of unbranched alkanes of at least 4 members (excludes halogenated alkanes) is 3. The Kier molecular flexibility index (Phi) is 13.1. The Bertz CT molecular complexity index is 351. The zero-order valence-corrected chi connectivity index (χ0v) is 15.0. The van der Waals surface area contributed by atoms with Crippen LogP contribution in [0.2, 0.25) is 0 Å². The van der Waals surface area contributed by atoms with Crippen LogP contribution in [-0.4, -0.2) is 49.3 Å². The monoisotopic (exact) mass is 327 g/mol. The summed E-state index contributed by atoms with van der Waals surface area (Å²) in [5, 5.41) is 5.31. The lowest BCUT2D eigenvalue weighted by molar-refractivity contribution is -0.136. The SMILES string of the molecule is CCCCN(CCCC)C(=O)CC(=O)NCCCCC(=O)NC. The molecule has 0 heterocycles. The van der Waals surface area contributed by atoms with Gasteiger partial charge >= 0.3 is 0 Å². The van der Waals surface area contributed by atoms with Gasteiger partial charge in [-0.15, -0.1) is 0 Å². The molecule has 6 heteroatoms. The molecule has 0 aromatic heterocycles. The molecule has 134 valence electrons. The highest BCUT2D eigenvalue weighted by Crippen LogP contribution is 2.02. The van der Waals surface area contributed by atoms with Crippen LogP contribution in [0, 0.1) is 0 Å². The smallest absolute Gasteiger partial charge is 0.232 e. The van der Waals surface area contributed by atoms with E-state index in [-0.39, 0.29) is 24.1 Å². The second-order valence-electron chi connectivity index (χ2n) is 5.74. The van der Waals surface area contributed by atoms with Crippen molar-refractivity contribution in [3.05, 3.63) is 0 Å². The number of nitrogens with zero attached hydrogens (tertiary/aromatic N) is 1. The minimum Gasteiger partial charge on any atom is -0.359 e. The van der Waals surface area contributed by atoms with Crippen LogP contribution >= 0.6 is 0 Å². The summed E-state index contributed by atoms with van der Waals surface area (Å²) < 4.78 is 0. The summed E-state index contributed by atoms with van der Waals surface area (Å²) in [5.74, 6) is -0.309. The maximum absolute atomic E-state index is 12.2. The molecule has 0 aromatic rings. The second kappa shape index (κ2) is 14.0. The predicted octanol–water partition coefficient (Wildman–Crippen LogP) is 1.84. The van der Waals surface area contributed by atoms with E-state index in [2.05, 4.69) is 24.5 Å². The molecule has 0 radical (unpaired) electrons. The summed E-state index contributed by atoms with van der Waals surface area (Å²) in [6.45, 7) is 6.15. The standard InChI is InChI=1S/C17H33N3O3/c1-4-6-12-20(13-7-5-2)17(23)14-16(22)19-11-9-8-10-15(21)18-3/h4-14H2,1-3H3,(H,18,21)(H,19,22). The molecule has 0 aromatic carbocycles. The molecule has 0 saturated carbocycles. The molecule has 23 heavy (non-hydrogen) atoms. The third-order valence-corrected chi connectivity index (χ3v) is 3.66. The van der Waals surface area contributed by atoms with E-state index in [0.29, 0.717) is 13.0 Å². The van der Waals surface area contributed by atoms with Crippen molar-refractivity contribution in [2.24, 2.45) is 0 Å². The fourth-order valence-corrected chi connectivity index (χ4v) is 2.13. The maximum atomic E-state index is 12.2. The van der Waals surface area contributed by atoms with Crippen molar-refractivity contribution >= 4 is 17.7 Å². The van der Waals surface area contributed by atoms with Gasteiger partial charge in [0.2, 0.25) is 17.7 Å². The van der Waals surface area contributed by atoms with E-state index in [4.69, 9.17) is 0 Å². The number of carbonyl (C=O) groups is 3. The summed E-state index contributed by atoms with van der Waals surface area (Å²) in [6, 6.07) is 0. The van der Waals surface area contributed by atoms with Crippen LogP contribution in [0.15, 0.2) is 0 Å². The van der Waals surface area contributed by atoms with Gasteiger partial charge in [0.25, 0.3) is 0 Å². The molecule has 6 nitrogen and oxygen atoms in total. The van der Waals surface area contributed by atoms with Crippen LogP contribution in [-0.2, 0) is 14.4 Å². The largest absolute Gasteiger partial charge is 0.359 e. The topological polar surface area (TPSA) is 78.5 Å². The Morgan fingerprint density at radius 1 is 0.870 bits per heavy atom. The molecule has 3 amide bonds.